The SMILES string of the molecule is CCCNC(C)(CC(C)n1cccn1)C(=O)OCC. The van der Waals surface area contributed by atoms with Crippen LogP contribution in [0.25, 0.3) is 0 Å². The van der Waals surface area contributed by atoms with Gasteiger partial charge < -0.3 is 10.1 Å². The van der Waals surface area contributed by atoms with Gasteiger partial charge in [-0.25, -0.2) is 0 Å². The molecule has 0 bridgehead atoms. The monoisotopic (exact) mass is 267 g/mol. The number of nitrogens with zero attached hydrogens (tertiary/aromatic N) is 2. The summed E-state index contributed by atoms with van der Waals surface area (Å²) in [5, 5.41) is 7.53. The fraction of sp³-hybridized carbons (Fsp3) is 0.714. The van der Waals surface area contributed by atoms with Crippen LogP contribution < -0.4 is 5.32 Å². The minimum atomic E-state index is -0.669. The van der Waals surface area contributed by atoms with Crippen molar-refractivity contribution >= 4 is 5.97 Å². The average molecular weight is 267 g/mol. The highest BCUT2D eigenvalue weighted by molar-refractivity contribution is 5.80. The van der Waals surface area contributed by atoms with Gasteiger partial charge in [-0.15, -0.1) is 0 Å². The third-order valence-electron chi connectivity index (χ3n) is 3.17. The molecule has 1 heterocycles. The van der Waals surface area contributed by atoms with Crippen molar-refractivity contribution in [1.29, 1.82) is 0 Å². The number of rotatable bonds is 8. The van der Waals surface area contributed by atoms with Gasteiger partial charge in [-0.2, -0.15) is 5.10 Å². The van der Waals surface area contributed by atoms with Gasteiger partial charge in [0.1, 0.15) is 5.54 Å². The molecule has 0 aromatic carbocycles. The van der Waals surface area contributed by atoms with Gasteiger partial charge in [0.2, 0.25) is 0 Å². The summed E-state index contributed by atoms with van der Waals surface area (Å²) in [6.07, 6.45) is 5.28. The Hall–Kier alpha value is -1.36. The van der Waals surface area contributed by atoms with Crippen molar-refractivity contribution in [3.8, 4) is 0 Å². The first kappa shape index (κ1) is 15.7. The van der Waals surface area contributed by atoms with Crippen LogP contribution in [0.3, 0.4) is 0 Å². The molecule has 0 radical (unpaired) electrons. The quantitative estimate of drug-likeness (QED) is 0.733. The van der Waals surface area contributed by atoms with Crippen LogP contribution in [0.1, 0.15) is 46.6 Å². The highest BCUT2D eigenvalue weighted by Crippen LogP contribution is 2.22. The number of carbonyl (C=O) groups is 1. The summed E-state index contributed by atoms with van der Waals surface area (Å²) >= 11 is 0. The van der Waals surface area contributed by atoms with Crippen molar-refractivity contribution in [2.45, 2.75) is 52.1 Å². The van der Waals surface area contributed by atoms with Crippen LogP contribution in [-0.4, -0.2) is 34.4 Å². The van der Waals surface area contributed by atoms with E-state index in [9.17, 15) is 4.79 Å². The summed E-state index contributed by atoms with van der Waals surface area (Å²) < 4.78 is 7.06. The first-order valence-corrected chi connectivity index (χ1v) is 6.95. The molecule has 0 spiro atoms. The van der Waals surface area contributed by atoms with Gasteiger partial charge in [-0.05, 0) is 46.2 Å². The molecule has 0 aliphatic rings. The molecule has 2 atom stereocenters. The molecule has 0 saturated heterocycles. The number of hydrogen-bond donors (Lipinski definition) is 1. The second-order valence-corrected chi connectivity index (χ2v) is 5.02. The number of nitrogens with one attached hydrogen (secondary N) is 1. The number of ether oxygens (including phenoxy) is 1. The largest absolute Gasteiger partial charge is 0.465 e. The summed E-state index contributed by atoms with van der Waals surface area (Å²) in [5.74, 6) is -0.192. The fourth-order valence-electron chi connectivity index (χ4n) is 2.14. The third-order valence-corrected chi connectivity index (χ3v) is 3.17. The molecular weight excluding hydrogens is 242 g/mol. The van der Waals surface area contributed by atoms with Crippen LogP contribution in [0.4, 0.5) is 0 Å². The molecule has 1 rings (SSSR count). The van der Waals surface area contributed by atoms with E-state index >= 15 is 0 Å². The van der Waals surface area contributed by atoms with Crippen LogP contribution in [0.2, 0.25) is 0 Å². The lowest BCUT2D eigenvalue weighted by Crippen LogP contribution is -2.52. The van der Waals surface area contributed by atoms with Crippen molar-refractivity contribution in [3.05, 3.63) is 18.5 Å². The Kier molecular flexibility index (Phi) is 6.02. The van der Waals surface area contributed by atoms with E-state index in [4.69, 9.17) is 4.74 Å². The van der Waals surface area contributed by atoms with E-state index in [1.165, 1.54) is 0 Å². The van der Waals surface area contributed by atoms with Crippen LogP contribution >= 0.6 is 0 Å². The smallest absolute Gasteiger partial charge is 0.326 e. The molecule has 0 fully saturated rings. The van der Waals surface area contributed by atoms with Crippen molar-refractivity contribution in [1.82, 2.24) is 15.1 Å². The molecule has 1 aromatic heterocycles. The molecule has 0 saturated carbocycles. The Morgan fingerprint density at radius 1 is 1.53 bits per heavy atom. The predicted octanol–water partition coefficient (Wildman–Crippen LogP) is 2.16. The van der Waals surface area contributed by atoms with E-state index < -0.39 is 5.54 Å². The Balaban J connectivity index is 2.75. The first-order valence-electron chi connectivity index (χ1n) is 6.95. The van der Waals surface area contributed by atoms with Gasteiger partial charge in [0.15, 0.2) is 0 Å². The summed E-state index contributed by atoms with van der Waals surface area (Å²) in [6, 6.07) is 2.02. The van der Waals surface area contributed by atoms with Crippen molar-refractivity contribution < 1.29 is 9.53 Å². The molecular formula is C14H25N3O2. The number of carbonyl (C=O) groups excluding carboxylic acids is 1. The number of aromatic nitrogens is 2. The predicted molar refractivity (Wildman–Crippen MR) is 74.9 cm³/mol. The second kappa shape index (κ2) is 7.28. The van der Waals surface area contributed by atoms with Crippen LogP contribution in [-0.2, 0) is 9.53 Å². The fourth-order valence-corrected chi connectivity index (χ4v) is 2.14. The first-order chi connectivity index (χ1) is 9.03. The minimum Gasteiger partial charge on any atom is -0.465 e. The van der Waals surface area contributed by atoms with E-state index in [1.807, 2.05) is 30.8 Å². The minimum absolute atomic E-state index is 0.133. The molecule has 0 aliphatic heterocycles. The van der Waals surface area contributed by atoms with Gasteiger partial charge in [0.25, 0.3) is 0 Å². The summed E-state index contributed by atoms with van der Waals surface area (Å²) in [5.41, 5.74) is -0.669. The molecule has 1 aromatic rings. The highest BCUT2D eigenvalue weighted by Gasteiger charge is 2.36. The van der Waals surface area contributed by atoms with Gasteiger partial charge in [0, 0.05) is 12.4 Å². The Labute approximate surface area is 115 Å². The van der Waals surface area contributed by atoms with E-state index in [1.54, 1.807) is 6.20 Å². The van der Waals surface area contributed by atoms with Crippen molar-refractivity contribution in [3.63, 3.8) is 0 Å². The molecule has 0 aliphatic carbocycles. The maximum absolute atomic E-state index is 12.2. The zero-order valence-corrected chi connectivity index (χ0v) is 12.3. The van der Waals surface area contributed by atoms with Crippen molar-refractivity contribution in [2.24, 2.45) is 0 Å². The Morgan fingerprint density at radius 2 is 2.26 bits per heavy atom. The number of hydrogen-bond acceptors (Lipinski definition) is 4. The maximum atomic E-state index is 12.2. The molecule has 19 heavy (non-hydrogen) atoms. The van der Waals surface area contributed by atoms with E-state index in [0.29, 0.717) is 13.0 Å². The molecule has 5 nitrogen and oxygen atoms in total. The van der Waals surface area contributed by atoms with Crippen LogP contribution in [0, 0.1) is 0 Å². The summed E-state index contributed by atoms with van der Waals surface area (Å²) in [6.45, 7) is 9.06. The van der Waals surface area contributed by atoms with Gasteiger partial charge in [-0.1, -0.05) is 6.92 Å². The topological polar surface area (TPSA) is 56.2 Å². The summed E-state index contributed by atoms with van der Waals surface area (Å²) in [4.78, 5) is 12.2. The van der Waals surface area contributed by atoms with Crippen LogP contribution in [0.5, 0.6) is 0 Å². The third kappa shape index (κ3) is 4.35. The van der Waals surface area contributed by atoms with Crippen LogP contribution in [0.15, 0.2) is 18.5 Å². The zero-order chi connectivity index (χ0) is 14.3. The normalized spacial score (nSPS) is 15.8. The zero-order valence-electron chi connectivity index (χ0n) is 12.3. The van der Waals surface area contributed by atoms with E-state index in [0.717, 1.165) is 13.0 Å². The standard InChI is InChI=1S/C14H25N3O2/c1-5-8-15-14(4,13(18)19-6-2)11-12(3)17-10-7-9-16-17/h7,9-10,12,15H,5-6,8,11H2,1-4H3. The van der Waals surface area contributed by atoms with E-state index in [-0.39, 0.29) is 12.0 Å². The molecule has 108 valence electrons. The molecule has 0 amide bonds. The van der Waals surface area contributed by atoms with E-state index in [2.05, 4.69) is 24.3 Å². The average Bonchev–Trinajstić information content (AvgIpc) is 2.90. The second-order valence-electron chi connectivity index (χ2n) is 5.02. The number of esters is 1. The van der Waals surface area contributed by atoms with Gasteiger partial charge in [-0.3, -0.25) is 9.48 Å². The molecule has 1 N–H and O–H groups in total. The van der Waals surface area contributed by atoms with Gasteiger partial charge in [0.05, 0.1) is 12.6 Å². The maximum Gasteiger partial charge on any atom is 0.326 e. The molecule has 5 heteroatoms. The summed E-state index contributed by atoms with van der Waals surface area (Å²) in [7, 11) is 0. The Morgan fingerprint density at radius 3 is 2.79 bits per heavy atom. The Bertz CT molecular complexity index is 378. The molecule has 2 unspecified atom stereocenters. The van der Waals surface area contributed by atoms with Crippen molar-refractivity contribution in [2.75, 3.05) is 13.2 Å². The lowest BCUT2D eigenvalue weighted by Gasteiger charge is -2.31. The lowest BCUT2D eigenvalue weighted by molar-refractivity contribution is -0.151. The lowest BCUT2D eigenvalue weighted by atomic mass is 9.93. The highest BCUT2D eigenvalue weighted by atomic mass is 16.5. The van der Waals surface area contributed by atoms with Gasteiger partial charge >= 0.3 is 5.97 Å².